The molecule has 2 rings (SSSR count). The van der Waals surface area contributed by atoms with Gasteiger partial charge in [-0.25, -0.2) is 0 Å². The van der Waals surface area contributed by atoms with Crippen LogP contribution in [0.1, 0.15) is 36.3 Å². The molecule has 0 N–H and O–H groups in total. The highest BCUT2D eigenvalue weighted by Crippen LogP contribution is 2.31. The van der Waals surface area contributed by atoms with E-state index < -0.39 is 0 Å². The summed E-state index contributed by atoms with van der Waals surface area (Å²) in [7, 11) is 0. The number of benzene rings is 2. The smallest absolute Gasteiger partial charge is 0.0607 e. The van der Waals surface area contributed by atoms with Gasteiger partial charge in [-0.3, -0.25) is 0 Å². The van der Waals surface area contributed by atoms with Crippen LogP contribution in [0.15, 0.2) is 36.4 Å². The van der Waals surface area contributed by atoms with E-state index in [2.05, 4.69) is 19.1 Å². The van der Waals surface area contributed by atoms with Crippen LogP contribution in [0.5, 0.6) is 0 Å². The van der Waals surface area contributed by atoms with Crippen molar-refractivity contribution in [2.24, 2.45) is 0 Å². The van der Waals surface area contributed by atoms with Gasteiger partial charge in [-0.1, -0.05) is 65.5 Å². The van der Waals surface area contributed by atoms with Crippen LogP contribution in [-0.4, -0.2) is 0 Å². The minimum Gasteiger partial charge on any atom is -0.0843 e. The maximum absolute atomic E-state index is 6.22. The predicted molar refractivity (Wildman–Crippen MR) is 98.6 cm³/mol. The topological polar surface area (TPSA) is 0 Å². The van der Waals surface area contributed by atoms with Crippen LogP contribution < -0.4 is 0 Å². The van der Waals surface area contributed by atoms with Crippen molar-refractivity contribution in [3.05, 3.63) is 74.5 Å². The van der Waals surface area contributed by atoms with Crippen molar-refractivity contribution in [1.82, 2.24) is 0 Å². The summed E-state index contributed by atoms with van der Waals surface area (Å²) >= 11 is 24.2. The zero-order chi connectivity index (χ0) is 16.1. The second kappa shape index (κ2) is 8.45. The molecule has 0 nitrogen and oxygen atoms in total. The van der Waals surface area contributed by atoms with E-state index in [0.717, 1.165) is 36.3 Å². The molecule has 1 atom stereocenters. The van der Waals surface area contributed by atoms with Gasteiger partial charge in [0.2, 0.25) is 0 Å². The van der Waals surface area contributed by atoms with Gasteiger partial charge >= 0.3 is 0 Å². The summed E-state index contributed by atoms with van der Waals surface area (Å²) < 4.78 is 0. The van der Waals surface area contributed by atoms with E-state index in [-0.39, 0.29) is 0 Å². The quantitative estimate of drug-likeness (QED) is 0.456. The minimum absolute atomic E-state index is 0.429. The Labute approximate surface area is 152 Å². The van der Waals surface area contributed by atoms with E-state index in [9.17, 15) is 0 Å². The van der Waals surface area contributed by atoms with E-state index in [1.165, 1.54) is 5.56 Å². The van der Waals surface area contributed by atoms with Gasteiger partial charge < -0.3 is 0 Å². The van der Waals surface area contributed by atoms with Gasteiger partial charge in [-0.15, -0.1) is 0 Å². The van der Waals surface area contributed by atoms with Crippen molar-refractivity contribution in [1.29, 1.82) is 0 Å². The molecule has 0 amide bonds. The monoisotopic (exact) mass is 373 g/mol. The third kappa shape index (κ3) is 4.80. The first-order chi connectivity index (χ1) is 10.5. The molecule has 4 heteroatoms. The first-order valence-electron chi connectivity index (χ1n) is 7.19. The Kier molecular flexibility index (Phi) is 6.89. The molecule has 0 aliphatic heterocycles. The van der Waals surface area contributed by atoms with E-state index in [0.29, 0.717) is 21.0 Å². The van der Waals surface area contributed by atoms with Crippen molar-refractivity contribution < 1.29 is 0 Å². The van der Waals surface area contributed by atoms with E-state index in [4.69, 9.17) is 46.4 Å². The van der Waals surface area contributed by atoms with Crippen molar-refractivity contribution in [2.75, 3.05) is 0 Å². The van der Waals surface area contributed by atoms with Crippen molar-refractivity contribution in [3.8, 4) is 0 Å². The molecule has 0 spiro atoms. The summed E-state index contributed by atoms with van der Waals surface area (Å²) in [6.45, 7) is 4.06. The van der Waals surface area contributed by atoms with E-state index in [1.54, 1.807) is 6.07 Å². The number of hydrogen-bond acceptors (Lipinski definition) is 0. The number of halogens is 4. The molecule has 1 unspecified atom stereocenters. The van der Waals surface area contributed by atoms with E-state index >= 15 is 0 Å². The molecule has 0 aliphatic carbocycles. The van der Waals surface area contributed by atoms with Gasteiger partial charge in [0.1, 0.15) is 0 Å². The number of hydrogen-bond donors (Lipinski definition) is 0. The summed E-state index contributed by atoms with van der Waals surface area (Å²) in [4.78, 5) is 0. The van der Waals surface area contributed by atoms with Gasteiger partial charge in [0.25, 0.3) is 0 Å². The molecule has 117 valence electrons. The summed E-state index contributed by atoms with van der Waals surface area (Å²) in [5, 5.41) is 2.47. The molecule has 1 radical (unpaired) electrons. The lowest BCUT2D eigenvalue weighted by molar-refractivity contribution is 0.595. The molecule has 0 aliphatic rings. The van der Waals surface area contributed by atoms with Crippen molar-refractivity contribution >= 4 is 46.4 Å². The average molecular weight is 375 g/mol. The summed E-state index contributed by atoms with van der Waals surface area (Å²) in [5.74, 6) is 0.429. The molecule has 0 aromatic heterocycles. The second-order valence-corrected chi connectivity index (χ2v) is 6.95. The molecule has 2 aromatic rings. The van der Waals surface area contributed by atoms with Crippen LogP contribution in [-0.2, 0) is 6.42 Å². The van der Waals surface area contributed by atoms with E-state index in [1.807, 2.05) is 18.2 Å². The Hall–Kier alpha value is -0.400. The fourth-order valence-corrected chi connectivity index (χ4v) is 3.30. The van der Waals surface area contributed by atoms with Crippen LogP contribution in [0.3, 0.4) is 0 Å². The SMILES string of the molecule is [CH2]CC(CCCc1cc(Cl)c(Cl)cc1Cl)c1ccc(Cl)cc1. The first kappa shape index (κ1) is 17.9. The van der Waals surface area contributed by atoms with Crippen LogP contribution >= 0.6 is 46.4 Å². The molecule has 0 saturated carbocycles. The van der Waals surface area contributed by atoms with Crippen LogP contribution in [0.25, 0.3) is 0 Å². The molecule has 0 fully saturated rings. The molecular weight excluding hydrogens is 358 g/mol. The molecule has 0 heterocycles. The Morgan fingerprint density at radius 2 is 1.50 bits per heavy atom. The Morgan fingerprint density at radius 3 is 2.14 bits per heavy atom. The van der Waals surface area contributed by atoms with Gasteiger partial charge in [-0.05, 0) is 67.0 Å². The standard InChI is InChI=1S/C18H17Cl4/c1-2-12(13-6-8-15(19)9-7-13)4-3-5-14-10-17(21)18(22)11-16(14)20/h6-12H,1-5H2. The summed E-state index contributed by atoms with van der Waals surface area (Å²) in [6, 6.07) is 11.6. The zero-order valence-electron chi connectivity index (χ0n) is 12.1. The third-order valence-electron chi connectivity index (χ3n) is 3.78. The van der Waals surface area contributed by atoms with Crippen LogP contribution in [0.4, 0.5) is 0 Å². The minimum atomic E-state index is 0.429. The normalized spacial score (nSPS) is 12.4. The largest absolute Gasteiger partial charge is 0.0843 e. The fraction of sp³-hybridized carbons (Fsp3) is 0.278. The summed E-state index contributed by atoms with van der Waals surface area (Å²) in [5.41, 5.74) is 2.31. The Bertz CT molecular complexity index is 620. The zero-order valence-corrected chi connectivity index (χ0v) is 15.1. The van der Waals surface area contributed by atoms with Gasteiger partial charge in [-0.2, -0.15) is 0 Å². The molecule has 0 saturated heterocycles. The molecular formula is C18H17Cl4. The van der Waals surface area contributed by atoms with Crippen molar-refractivity contribution in [2.45, 2.75) is 31.6 Å². The molecule has 2 aromatic carbocycles. The van der Waals surface area contributed by atoms with Gasteiger partial charge in [0.05, 0.1) is 10.0 Å². The highest BCUT2D eigenvalue weighted by molar-refractivity contribution is 6.43. The first-order valence-corrected chi connectivity index (χ1v) is 8.70. The lowest BCUT2D eigenvalue weighted by Crippen LogP contribution is -1.99. The highest BCUT2D eigenvalue weighted by Gasteiger charge is 2.11. The fourth-order valence-electron chi connectivity index (χ4n) is 2.51. The lowest BCUT2D eigenvalue weighted by atomic mass is 9.90. The van der Waals surface area contributed by atoms with Crippen molar-refractivity contribution in [3.63, 3.8) is 0 Å². The molecule has 22 heavy (non-hydrogen) atoms. The second-order valence-electron chi connectivity index (χ2n) is 5.29. The molecule has 0 bridgehead atoms. The average Bonchev–Trinajstić information content (AvgIpc) is 2.50. The Morgan fingerprint density at radius 1 is 0.864 bits per heavy atom. The van der Waals surface area contributed by atoms with Gasteiger partial charge in [0.15, 0.2) is 0 Å². The van der Waals surface area contributed by atoms with Crippen LogP contribution in [0.2, 0.25) is 20.1 Å². The lowest BCUT2D eigenvalue weighted by Gasteiger charge is -2.16. The predicted octanol–water partition coefficient (Wildman–Crippen LogP) is 7.63. The highest BCUT2D eigenvalue weighted by atomic mass is 35.5. The maximum Gasteiger partial charge on any atom is 0.0607 e. The third-order valence-corrected chi connectivity index (χ3v) is 5.10. The van der Waals surface area contributed by atoms with Crippen LogP contribution in [0, 0.1) is 6.92 Å². The Balaban J connectivity index is 1.97. The maximum atomic E-state index is 6.22. The summed E-state index contributed by atoms with van der Waals surface area (Å²) in [6.07, 6.45) is 3.79. The number of aryl methyl sites for hydroxylation is 1. The number of rotatable bonds is 6. The van der Waals surface area contributed by atoms with Gasteiger partial charge in [0, 0.05) is 10.0 Å².